The predicted molar refractivity (Wildman–Crippen MR) is 80.2 cm³/mol. The molecule has 0 aromatic heterocycles. The first-order chi connectivity index (χ1) is 9.76. The van der Waals surface area contributed by atoms with Gasteiger partial charge in [0.1, 0.15) is 0 Å². The third-order valence-corrected chi connectivity index (χ3v) is 6.79. The van der Waals surface area contributed by atoms with Crippen molar-refractivity contribution in [1.82, 2.24) is 9.80 Å². The predicted octanol–water partition coefficient (Wildman–Crippen LogP) is 0.858. The quantitative estimate of drug-likeness (QED) is 0.755. The molecule has 0 radical (unpaired) electrons. The van der Waals surface area contributed by atoms with Crippen molar-refractivity contribution in [2.24, 2.45) is 5.92 Å². The van der Waals surface area contributed by atoms with Crippen LogP contribution < -0.4 is 0 Å². The largest absolute Gasteiger partial charge is 0.374 e. The molecule has 0 aliphatic carbocycles. The molecule has 2 bridgehead atoms. The van der Waals surface area contributed by atoms with Crippen LogP contribution >= 0.6 is 11.8 Å². The van der Waals surface area contributed by atoms with E-state index in [0.717, 1.165) is 64.3 Å². The SMILES string of the molecule is O=C(C1CCOC2(CCSC2)C1)C1CN2CCN1CC2. The number of thioether (sulfide) groups is 1. The number of hydrogen-bond donors (Lipinski definition) is 0. The molecule has 112 valence electrons. The van der Waals surface area contributed by atoms with Crippen LogP contribution in [0.5, 0.6) is 0 Å². The zero-order valence-electron chi connectivity index (χ0n) is 12.1. The van der Waals surface area contributed by atoms with Crippen LogP contribution in [0, 0.1) is 5.92 Å². The molecule has 5 saturated heterocycles. The lowest BCUT2D eigenvalue weighted by Crippen LogP contribution is -2.64. The minimum absolute atomic E-state index is 0.0343. The maximum atomic E-state index is 13.0. The normalized spacial score (nSPS) is 47.8. The summed E-state index contributed by atoms with van der Waals surface area (Å²) in [5.41, 5.74) is 0.0343. The van der Waals surface area contributed by atoms with E-state index in [9.17, 15) is 4.79 Å². The van der Waals surface area contributed by atoms with Crippen molar-refractivity contribution in [1.29, 1.82) is 0 Å². The number of hydrogen-bond acceptors (Lipinski definition) is 5. The van der Waals surface area contributed by atoms with E-state index in [1.165, 1.54) is 5.75 Å². The first kappa shape index (κ1) is 13.6. The number of ketones is 1. The van der Waals surface area contributed by atoms with Gasteiger partial charge in [0.15, 0.2) is 5.78 Å². The van der Waals surface area contributed by atoms with Crippen LogP contribution in [-0.2, 0) is 9.53 Å². The summed E-state index contributed by atoms with van der Waals surface area (Å²) >= 11 is 1.99. The standard InChI is InChI=1S/C15H24N2O2S/c18-14(13-10-16-3-5-17(13)6-4-16)12-1-7-19-15(9-12)2-8-20-11-15/h12-13H,1-11H2. The van der Waals surface area contributed by atoms with Gasteiger partial charge in [0.25, 0.3) is 0 Å². The Kier molecular flexibility index (Phi) is 3.57. The Hall–Kier alpha value is -0.100. The van der Waals surface area contributed by atoms with Gasteiger partial charge in [0.2, 0.25) is 0 Å². The van der Waals surface area contributed by atoms with Gasteiger partial charge in [-0.3, -0.25) is 14.6 Å². The molecule has 0 saturated carbocycles. The van der Waals surface area contributed by atoms with Crippen LogP contribution in [0.4, 0.5) is 0 Å². The van der Waals surface area contributed by atoms with Crippen molar-refractivity contribution in [3.8, 4) is 0 Å². The molecule has 20 heavy (non-hydrogen) atoms. The number of ether oxygens (including phenoxy) is 1. The number of nitrogens with zero attached hydrogens (tertiary/aromatic N) is 2. The van der Waals surface area contributed by atoms with Crippen LogP contribution in [0.3, 0.4) is 0 Å². The summed E-state index contributed by atoms with van der Waals surface area (Å²) in [5.74, 6) is 3.05. The average Bonchev–Trinajstić information content (AvgIpc) is 2.95. The molecular weight excluding hydrogens is 272 g/mol. The monoisotopic (exact) mass is 296 g/mol. The summed E-state index contributed by atoms with van der Waals surface area (Å²) in [4.78, 5) is 17.8. The van der Waals surface area contributed by atoms with Crippen LogP contribution in [-0.4, -0.2) is 78.1 Å². The highest BCUT2D eigenvalue weighted by Crippen LogP contribution is 2.41. The lowest BCUT2D eigenvalue weighted by Gasteiger charge is -2.48. The van der Waals surface area contributed by atoms with E-state index in [0.29, 0.717) is 5.78 Å². The molecule has 0 N–H and O–H groups in total. The van der Waals surface area contributed by atoms with Gasteiger partial charge in [-0.2, -0.15) is 11.8 Å². The maximum absolute atomic E-state index is 13.0. The van der Waals surface area contributed by atoms with Gasteiger partial charge in [0.05, 0.1) is 11.6 Å². The number of fused-ring (bicyclic) bond motifs is 3. The van der Waals surface area contributed by atoms with Crippen molar-refractivity contribution >= 4 is 17.5 Å². The summed E-state index contributed by atoms with van der Waals surface area (Å²) in [6, 6.07) is 0.173. The maximum Gasteiger partial charge on any atom is 0.154 e. The Balaban J connectivity index is 1.45. The van der Waals surface area contributed by atoms with E-state index in [2.05, 4.69) is 9.80 Å². The van der Waals surface area contributed by atoms with E-state index in [-0.39, 0.29) is 17.6 Å². The Morgan fingerprint density at radius 1 is 1.25 bits per heavy atom. The minimum atomic E-state index is 0.0343. The van der Waals surface area contributed by atoms with Gasteiger partial charge < -0.3 is 4.74 Å². The summed E-state index contributed by atoms with van der Waals surface area (Å²) < 4.78 is 6.06. The third-order valence-electron chi connectivity index (χ3n) is 5.57. The zero-order chi connectivity index (χ0) is 13.6. The van der Waals surface area contributed by atoms with Crippen LogP contribution in [0.2, 0.25) is 0 Å². The van der Waals surface area contributed by atoms with E-state index < -0.39 is 0 Å². The summed E-state index contributed by atoms with van der Waals surface area (Å²) in [6.07, 6.45) is 3.06. The van der Waals surface area contributed by atoms with E-state index >= 15 is 0 Å². The molecule has 0 aromatic carbocycles. The smallest absolute Gasteiger partial charge is 0.154 e. The highest BCUT2D eigenvalue weighted by atomic mass is 32.2. The number of Topliss-reactive ketones (excluding diaryl/α,β-unsaturated/α-hetero) is 1. The molecule has 3 atom stereocenters. The van der Waals surface area contributed by atoms with Crippen LogP contribution in [0.15, 0.2) is 0 Å². The zero-order valence-corrected chi connectivity index (χ0v) is 12.9. The van der Waals surface area contributed by atoms with Gasteiger partial charge in [0, 0.05) is 51.0 Å². The Labute approximate surface area is 125 Å². The Bertz CT molecular complexity index is 389. The molecule has 5 fully saturated rings. The van der Waals surface area contributed by atoms with Crippen LogP contribution in [0.25, 0.3) is 0 Å². The van der Waals surface area contributed by atoms with E-state index in [1.54, 1.807) is 0 Å². The molecule has 3 unspecified atom stereocenters. The molecule has 5 aliphatic rings. The lowest BCUT2D eigenvalue weighted by atomic mass is 9.80. The third kappa shape index (κ3) is 2.32. The summed E-state index contributed by atoms with van der Waals surface area (Å²) in [5, 5.41) is 0. The topological polar surface area (TPSA) is 32.8 Å². The first-order valence-corrected chi connectivity index (χ1v) is 9.13. The molecular formula is C15H24N2O2S. The molecule has 4 nitrogen and oxygen atoms in total. The van der Waals surface area contributed by atoms with Gasteiger partial charge in [-0.15, -0.1) is 0 Å². The minimum Gasteiger partial charge on any atom is -0.374 e. The molecule has 5 rings (SSSR count). The van der Waals surface area contributed by atoms with Gasteiger partial charge in [-0.1, -0.05) is 0 Å². The Morgan fingerprint density at radius 2 is 2.10 bits per heavy atom. The van der Waals surface area contributed by atoms with Gasteiger partial charge >= 0.3 is 0 Å². The summed E-state index contributed by atoms with van der Waals surface area (Å²) in [6.45, 7) is 6.23. The fourth-order valence-electron chi connectivity index (χ4n) is 4.29. The number of rotatable bonds is 2. The number of carbonyl (C=O) groups is 1. The molecule has 5 heteroatoms. The van der Waals surface area contributed by atoms with Crippen molar-refractivity contribution in [3.05, 3.63) is 0 Å². The Morgan fingerprint density at radius 3 is 2.75 bits per heavy atom. The summed E-state index contributed by atoms with van der Waals surface area (Å²) in [7, 11) is 0. The number of piperazine rings is 3. The van der Waals surface area contributed by atoms with E-state index in [4.69, 9.17) is 4.74 Å². The molecule has 0 amide bonds. The molecule has 0 aromatic rings. The van der Waals surface area contributed by atoms with Gasteiger partial charge in [-0.25, -0.2) is 0 Å². The molecule has 5 aliphatic heterocycles. The highest BCUT2D eigenvalue weighted by molar-refractivity contribution is 7.99. The molecule has 1 spiro atoms. The van der Waals surface area contributed by atoms with Crippen molar-refractivity contribution in [3.63, 3.8) is 0 Å². The van der Waals surface area contributed by atoms with Crippen molar-refractivity contribution < 1.29 is 9.53 Å². The van der Waals surface area contributed by atoms with Gasteiger partial charge in [-0.05, 0) is 25.0 Å². The fraction of sp³-hybridized carbons (Fsp3) is 0.933. The fourth-order valence-corrected chi connectivity index (χ4v) is 5.67. The van der Waals surface area contributed by atoms with E-state index in [1.807, 2.05) is 11.8 Å². The molecule has 5 heterocycles. The second-order valence-electron chi connectivity index (χ2n) is 6.78. The van der Waals surface area contributed by atoms with Crippen molar-refractivity contribution in [2.45, 2.75) is 30.9 Å². The highest BCUT2D eigenvalue weighted by Gasteiger charge is 2.45. The lowest BCUT2D eigenvalue weighted by molar-refractivity contribution is -0.143. The van der Waals surface area contributed by atoms with Crippen molar-refractivity contribution in [2.75, 3.05) is 50.8 Å². The number of carbonyl (C=O) groups excluding carboxylic acids is 1. The second kappa shape index (κ2) is 5.27. The first-order valence-electron chi connectivity index (χ1n) is 7.98. The second-order valence-corrected chi connectivity index (χ2v) is 7.88. The average molecular weight is 296 g/mol. The van der Waals surface area contributed by atoms with Crippen LogP contribution in [0.1, 0.15) is 19.3 Å².